The lowest BCUT2D eigenvalue weighted by molar-refractivity contribution is -0.111. The van der Waals surface area contributed by atoms with Crippen LogP contribution in [-0.2, 0) is 27.2 Å². The number of rotatable bonds is 5. The molecule has 2 amide bonds. The van der Waals surface area contributed by atoms with Gasteiger partial charge in [-0.2, -0.15) is 10.3 Å². The average Bonchev–Trinajstić information content (AvgIpc) is 3.51. The Morgan fingerprint density at radius 2 is 2.37 bits per heavy atom. The molecule has 3 heterocycles. The van der Waals surface area contributed by atoms with Crippen LogP contribution in [0.5, 0.6) is 0 Å². The molecule has 1 fully saturated rings. The lowest BCUT2D eigenvalue weighted by Gasteiger charge is -2.23. The summed E-state index contributed by atoms with van der Waals surface area (Å²) in [7, 11) is 0. The van der Waals surface area contributed by atoms with Crippen LogP contribution in [0.1, 0.15) is 33.7 Å². The fourth-order valence-corrected chi connectivity index (χ4v) is 5.49. The number of nitrogens with zero attached hydrogens (tertiary/aromatic N) is 2. The van der Waals surface area contributed by atoms with Gasteiger partial charge in [0.25, 0.3) is 0 Å². The van der Waals surface area contributed by atoms with Crippen molar-refractivity contribution in [3.05, 3.63) is 44.5 Å². The summed E-state index contributed by atoms with van der Waals surface area (Å²) in [6.07, 6.45) is 5.92. The Morgan fingerprint density at radius 1 is 1.47 bits per heavy atom. The van der Waals surface area contributed by atoms with E-state index in [1.165, 1.54) is 22.5 Å². The van der Waals surface area contributed by atoms with Crippen molar-refractivity contribution in [2.75, 3.05) is 25.1 Å². The molecule has 0 saturated carbocycles. The Hall–Kier alpha value is -2.67. The van der Waals surface area contributed by atoms with Crippen LogP contribution < -0.4 is 5.32 Å². The van der Waals surface area contributed by atoms with Crippen molar-refractivity contribution in [1.29, 1.82) is 5.26 Å². The van der Waals surface area contributed by atoms with Gasteiger partial charge in [-0.1, -0.05) is 6.07 Å². The number of carbonyl (C=O) groups is 2. The molecule has 9 heteroatoms. The number of anilines is 1. The zero-order chi connectivity index (χ0) is 20.9. The second kappa shape index (κ2) is 9.43. The van der Waals surface area contributed by atoms with Crippen LogP contribution in [0.15, 0.2) is 23.6 Å². The van der Waals surface area contributed by atoms with E-state index in [4.69, 9.17) is 9.57 Å². The Morgan fingerprint density at radius 3 is 3.10 bits per heavy atom. The highest BCUT2D eigenvalue weighted by Gasteiger charge is 2.28. The summed E-state index contributed by atoms with van der Waals surface area (Å²) in [6, 6.07) is 6.10. The third kappa shape index (κ3) is 4.73. The van der Waals surface area contributed by atoms with Crippen molar-refractivity contribution >= 4 is 45.8 Å². The molecule has 156 valence electrons. The normalized spacial score (nSPS) is 18.2. The van der Waals surface area contributed by atoms with E-state index in [-0.39, 0.29) is 11.8 Å². The molecule has 4 rings (SSSR count). The summed E-state index contributed by atoms with van der Waals surface area (Å²) in [6.45, 7) is 1.43. The number of nitriles is 1. The minimum Gasteiger partial charge on any atom is -0.448 e. The first-order valence-corrected chi connectivity index (χ1v) is 11.5. The zero-order valence-corrected chi connectivity index (χ0v) is 17.9. The van der Waals surface area contributed by atoms with Gasteiger partial charge in [-0.05, 0) is 54.7 Å². The van der Waals surface area contributed by atoms with Crippen LogP contribution >= 0.6 is 22.7 Å². The standard InChI is InChI=1S/C21H21N3O4S2/c22-12-17-16-6-4-14(13-27-21(26)24-8-2-9-28-24)11-18(16)30-20(17)23-19(25)7-5-15-3-1-10-29-15/h1,3,5,7,10,14H,2,4,6,8-9,11,13H2,(H,23,25). The lowest BCUT2D eigenvalue weighted by Crippen LogP contribution is -2.30. The molecule has 1 atom stereocenters. The fraction of sp³-hybridized carbons (Fsp3) is 0.381. The molecule has 0 radical (unpaired) electrons. The molecular weight excluding hydrogens is 422 g/mol. The molecule has 30 heavy (non-hydrogen) atoms. The van der Waals surface area contributed by atoms with Crippen LogP contribution in [0.25, 0.3) is 6.08 Å². The SMILES string of the molecule is N#Cc1c(NC(=O)C=Cc2cccs2)sc2c1CCC(COC(=O)N1CCCO1)C2. The van der Waals surface area contributed by atoms with Gasteiger partial charge in [0.15, 0.2) is 0 Å². The van der Waals surface area contributed by atoms with E-state index in [0.29, 0.717) is 30.3 Å². The van der Waals surface area contributed by atoms with Crippen LogP contribution in [-0.4, -0.2) is 36.8 Å². The summed E-state index contributed by atoms with van der Waals surface area (Å²) in [5, 5.41) is 16.3. The Kier molecular flexibility index (Phi) is 6.47. The topological polar surface area (TPSA) is 91.7 Å². The molecular formula is C21H21N3O4S2. The molecule has 0 spiro atoms. The number of hydrogen-bond donors (Lipinski definition) is 1. The van der Waals surface area contributed by atoms with Gasteiger partial charge in [0, 0.05) is 15.8 Å². The van der Waals surface area contributed by atoms with Gasteiger partial charge < -0.3 is 10.1 Å². The number of fused-ring (bicyclic) bond motifs is 1. The van der Waals surface area contributed by atoms with Crippen LogP contribution in [0.4, 0.5) is 9.80 Å². The van der Waals surface area contributed by atoms with E-state index < -0.39 is 6.09 Å². The van der Waals surface area contributed by atoms with Crippen molar-refractivity contribution in [3.63, 3.8) is 0 Å². The average molecular weight is 444 g/mol. The molecule has 0 aromatic carbocycles. The summed E-state index contributed by atoms with van der Waals surface area (Å²) >= 11 is 2.99. The van der Waals surface area contributed by atoms with E-state index in [1.807, 2.05) is 17.5 Å². The fourth-order valence-electron chi connectivity index (χ4n) is 3.55. The summed E-state index contributed by atoms with van der Waals surface area (Å²) in [5.74, 6) is -0.0638. The van der Waals surface area contributed by atoms with Gasteiger partial charge in [0.1, 0.15) is 11.1 Å². The maximum Gasteiger partial charge on any atom is 0.433 e. The molecule has 2 aromatic heterocycles. The highest BCUT2D eigenvalue weighted by atomic mass is 32.1. The minimum atomic E-state index is -0.437. The number of nitrogens with one attached hydrogen (secondary N) is 1. The first kappa shape index (κ1) is 20.6. The molecule has 1 aliphatic heterocycles. The van der Waals surface area contributed by atoms with Gasteiger partial charge in [-0.15, -0.1) is 22.7 Å². The molecule has 1 unspecified atom stereocenters. The highest BCUT2D eigenvalue weighted by Crippen LogP contribution is 2.39. The van der Waals surface area contributed by atoms with Gasteiger partial charge in [0.05, 0.1) is 25.3 Å². The predicted octanol–water partition coefficient (Wildman–Crippen LogP) is 4.21. The minimum absolute atomic E-state index is 0.191. The summed E-state index contributed by atoms with van der Waals surface area (Å²) < 4.78 is 5.40. The molecule has 1 N–H and O–H groups in total. The summed E-state index contributed by atoms with van der Waals surface area (Å²) in [4.78, 5) is 31.6. The maximum atomic E-state index is 12.3. The Bertz CT molecular complexity index is 985. The number of amides is 2. The van der Waals surface area contributed by atoms with E-state index in [2.05, 4.69) is 11.4 Å². The monoisotopic (exact) mass is 443 g/mol. The third-order valence-electron chi connectivity index (χ3n) is 5.06. The van der Waals surface area contributed by atoms with Crippen molar-refractivity contribution in [1.82, 2.24) is 5.06 Å². The van der Waals surface area contributed by atoms with Crippen molar-refractivity contribution < 1.29 is 19.2 Å². The van der Waals surface area contributed by atoms with Gasteiger partial charge in [-0.3, -0.25) is 9.63 Å². The lowest BCUT2D eigenvalue weighted by atomic mass is 9.88. The largest absolute Gasteiger partial charge is 0.448 e. The number of carbonyl (C=O) groups excluding carboxylic acids is 2. The van der Waals surface area contributed by atoms with Gasteiger partial charge >= 0.3 is 6.09 Å². The van der Waals surface area contributed by atoms with E-state index in [9.17, 15) is 14.9 Å². The second-order valence-corrected chi connectivity index (χ2v) is 9.22. The van der Waals surface area contributed by atoms with Gasteiger partial charge in [0.2, 0.25) is 5.91 Å². The second-order valence-electron chi connectivity index (χ2n) is 7.13. The van der Waals surface area contributed by atoms with E-state index in [1.54, 1.807) is 17.4 Å². The van der Waals surface area contributed by atoms with Crippen LogP contribution in [0.2, 0.25) is 0 Å². The number of hydrogen-bond acceptors (Lipinski definition) is 7. The van der Waals surface area contributed by atoms with Crippen molar-refractivity contribution in [3.8, 4) is 6.07 Å². The maximum absolute atomic E-state index is 12.3. The first-order valence-electron chi connectivity index (χ1n) is 9.78. The van der Waals surface area contributed by atoms with Crippen molar-refractivity contribution in [2.45, 2.75) is 25.7 Å². The molecule has 2 aliphatic rings. The Balaban J connectivity index is 1.37. The number of thiophene rings is 2. The number of ether oxygens (including phenoxy) is 1. The predicted molar refractivity (Wildman–Crippen MR) is 115 cm³/mol. The van der Waals surface area contributed by atoms with Crippen molar-refractivity contribution in [2.24, 2.45) is 5.92 Å². The zero-order valence-electron chi connectivity index (χ0n) is 16.3. The third-order valence-corrected chi connectivity index (χ3v) is 7.06. The first-order chi connectivity index (χ1) is 14.6. The number of hydroxylamine groups is 2. The highest BCUT2D eigenvalue weighted by molar-refractivity contribution is 7.16. The van der Waals surface area contributed by atoms with Gasteiger partial charge in [-0.25, -0.2) is 4.79 Å². The summed E-state index contributed by atoms with van der Waals surface area (Å²) in [5.41, 5.74) is 1.55. The molecule has 7 nitrogen and oxygen atoms in total. The molecule has 2 aromatic rings. The molecule has 1 saturated heterocycles. The van der Waals surface area contributed by atoms with Crippen LogP contribution in [0.3, 0.4) is 0 Å². The quantitative estimate of drug-likeness (QED) is 0.699. The van der Waals surface area contributed by atoms with Crippen LogP contribution in [0, 0.1) is 17.2 Å². The smallest absolute Gasteiger partial charge is 0.433 e. The molecule has 1 aliphatic carbocycles. The Labute approximate surface area is 182 Å². The molecule has 0 bridgehead atoms. The van der Waals surface area contributed by atoms with E-state index in [0.717, 1.165) is 41.0 Å². The van der Waals surface area contributed by atoms with E-state index >= 15 is 0 Å².